The van der Waals surface area contributed by atoms with Crippen molar-refractivity contribution in [1.29, 1.82) is 0 Å². The Morgan fingerprint density at radius 2 is 2.15 bits per heavy atom. The second-order valence-electron chi connectivity index (χ2n) is 6.50. The summed E-state index contributed by atoms with van der Waals surface area (Å²) in [4.78, 5) is 17.4. The number of likely N-dealkylation sites (N-methyl/N-ethyl adjacent to an activating group) is 1. The molecule has 8 nitrogen and oxygen atoms in total. The summed E-state index contributed by atoms with van der Waals surface area (Å²) in [6, 6.07) is 9.85. The van der Waals surface area contributed by atoms with E-state index in [4.69, 9.17) is 4.42 Å². The van der Waals surface area contributed by atoms with Gasteiger partial charge in [0.2, 0.25) is 0 Å². The van der Waals surface area contributed by atoms with Crippen molar-refractivity contribution in [2.75, 3.05) is 25.5 Å². The normalized spacial score (nSPS) is 15.2. The van der Waals surface area contributed by atoms with Crippen LogP contribution in [0.5, 0.6) is 0 Å². The van der Waals surface area contributed by atoms with Gasteiger partial charge in [-0.05, 0) is 36.8 Å². The van der Waals surface area contributed by atoms with Crippen LogP contribution in [0.25, 0.3) is 0 Å². The maximum Gasteiger partial charge on any atom is 0.279 e. The van der Waals surface area contributed by atoms with Gasteiger partial charge in [-0.25, -0.2) is 8.42 Å². The van der Waals surface area contributed by atoms with Crippen LogP contribution in [0.1, 0.15) is 18.6 Å². The van der Waals surface area contributed by atoms with Crippen LogP contribution >= 0.6 is 0 Å². The van der Waals surface area contributed by atoms with Crippen molar-refractivity contribution >= 4 is 27.5 Å². The maximum atomic E-state index is 12.5. The quantitative estimate of drug-likeness (QED) is 0.635. The molecule has 2 aromatic rings. The monoisotopic (exact) mass is 391 g/mol. The van der Waals surface area contributed by atoms with E-state index in [0.29, 0.717) is 31.0 Å². The smallest absolute Gasteiger partial charge is 0.279 e. The summed E-state index contributed by atoms with van der Waals surface area (Å²) >= 11 is 0. The number of hydrogen-bond donors (Lipinski definition) is 3. The third-order valence-corrected chi connectivity index (χ3v) is 5.45. The summed E-state index contributed by atoms with van der Waals surface area (Å²) in [5, 5.41) is 2.75. The largest absolute Gasteiger partial charge is 0.463 e. The van der Waals surface area contributed by atoms with Gasteiger partial charge >= 0.3 is 0 Å². The van der Waals surface area contributed by atoms with E-state index >= 15 is 0 Å². The molecule has 3 rings (SSSR count). The first-order valence-electron chi connectivity index (χ1n) is 8.72. The number of amides is 1. The van der Waals surface area contributed by atoms with Gasteiger partial charge in [-0.2, -0.15) is 0 Å². The number of hydrogen-bond acceptors (Lipinski definition) is 5. The first-order chi connectivity index (χ1) is 12.9. The highest BCUT2D eigenvalue weighted by atomic mass is 32.2. The summed E-state index contributed by atoms with van der Waals surface area (Å²) in [5.41, 5.74) is 0.432. The second-order valence-corrected chi connectivity index (χ2v) is 8.19. The fourth-order valence-electron chi connectivity index (χ4n) is 2.83. The molecule has 0 fully saturated rings. The number of sulfonamides is 1. The molecule has 9 heteroatoms. The van der Waals surface area contributed by atoms with Gasteiger partial charge in [-0.15, -0.1) is 0 Å². The fourth-order valence-corrected chi connectivity index (χ4v) is 3.96. The van der Waals surface area contributed by atoms with E-state index in [1.165, 1.54) is 12.1 Å². The minimum Gasteiger partial charge on any atom is -0.463 e. The molecule has 27 heavy (non-hydrogen) atoms. The first kappa shape index (κ1) is 19.1. The molecule has 0 bridgehead atoms. The number of anilines is 1. The van der Waals surface area contributed by atoms with E-state index in [1.807, 2.05) is 13.1 Å². The molecule has 1 aliphatic heterocycles. The van der Waals surface area contributed by atoms with Crippen LogP contribution in [0.15, 0.2) is 57.0 Å². The van der Waals surface area contributed by atoms with Gasteiger partial charge in [0.1, 0.15) is 12.4 Å². The third kappa shape index (κ3) is 5.41. The molecule has 1 atom stereocenters. The fraction of sp³-hybridized carbons (Fsp3) is 0.333. The summed E-state index contributed by atoms with van der Waals surface area (Å²) in [7, 11) is -1.82. The zero-order valence-electron chi connectivity index (χ0n) is 15.1. The van der Waals surface area contributed by atoms with Crippen molar-refractivity contribution in [3.63, 3.8) is 0 Å². The topological polar surface area (TPSA) is 105 Å². The number of nitrogens with one attached hydrogen (secondary N) is 3. The molecule has 0 saturated heterocycles. The third-order valence-electron chi connectivity index (χ3n) is 4.07. The zero-order chi connectivity index (χ0) is 19.3. The minimum atomic E-state index is -3.71. The van der Waals surface area contributed by atoms with E-state index in [9.17, 15) is 13.2 Å². The van der Waals surface area contributed by atoms with Crippen molar-refractivity contribution in [2.45, 2.75) is 24.3 Å². The predicted molar refractivity (Wildman–Crippen MR) is 101 cm³/mol. The predicted octanol–water partition coefficient (Wildman–Crippen LogP) is 0.404. The van der Waals surface area contributed by atoms with Crippen LogP contribution in [-0.4, -0.2) is 40.3 Å². The summed E-state index contributed by atoms with van der Waals surface area (Å²) < 4.78 is 32.7. The number of furan rings is 1. The Kier molecular flexibility index (Phi) is 5.92. The Morgan fingerprint density at radius 1 is 1.30 bits per heavy atom. The molecule has 0 aliphatic carbocycles. The number of aliphatic imine (C=N–C) groups is 1. The SMILES string of the molecule is C[NH+](CC(=O)Nc1cccc(S(=O)(=O)NC2=NCCC2)c1)Cc1ccco1. The van der Waals surface area contributed by atoms with Crippen LogP contribution in [-0.2, 0) is 21.4 Å². The minimum absolute atomic E-state index is 0.0891. The molecule has 3 N–H and O–H groups in total. The number of carbonyl (C=O) groups excluding carboxylic acids is 1. The molecule has 1 aromatic carbocycles. The molecule has 144 valence electrons. The molecule has 0 spiro atoms. The number of quaternary nitrogens is 1. The van der Waals surface area contributed by atoms with Gasteiger partial charge in [-0.1, -0.05) is 6.07 Å². The highest BCUT2D eigenvalue weighted by Crippen LogP contribution is 2.16. The highest BCUT2D eigenvalue weighted by molar-refractivity contribution is 7.90. The van der Waals surface area contributed by atoms with E-state index < -0.39 is 10.0 Å². The number of benzene rings is 1. The highest BCUT2D eigenvalue weighted by Gasteiger charge is 2.19. The van der Waals surface area contributed by atoms with Crippen LogP contribution in [0.3, 0.4) is 0 Å². The standard InChI is InChI=1S/C18H22N4O4S/c1-22(12-15-6-4-10-26-15)13-18(23)20-14-5-2-7-16(11-14)27(24,25)21-17-8-3-9-19-17/h2,4-7,10-11H,3,8-9,12-13H2,1H3,(H,19,21)(H,20,23)/p+1. The van der Waals surface area contributed by atoms with Crippen molar-refractivity contribution in [3.8, 4) is 0 Å². The van der Waals surface area contributed by atoms with Crippen LogP contribution in [0.2, 0.25) is 0 Å². The summed E-state index contributed by atoms with van der Waals surface area (Å²) in [5.74, 6) is 1.07. The Balaban J connectivity index is 1.60. The number of nitrogens with zero attached hydrogens (tertiary/aromatic N) is 1. The average Bonchev–Trinajstić information content (AvgIpc) is 3.28. The van der Waals surface area contributed by atoms with Crippen LogP contribution in [0, 0.1) is 0 Å². The van der Waals surface area contributed by atoms with Gasteiger partial charge in [-0.3, -0.25) is 14.5 Å². The Morgan fingerprint density at radius 3 is 2.85 bits per heavy atom. The van der Waals surface area contributed by atoms with Crippen molar-refractivity contribution in [2.24, 2.45) is 4.99 Å². The van der Waals surface area contributed by atoms with Crippen LogP contribution in [0.4, 0.5) is 5.69 Å². The molecule has 1 aliphatic rings. The lowest BCUT2D eigenvalue weighted by Gasteiger charge is -2.13. The number of rotatable bonds is 7. The molecule has 1 aromatic heterocycles. The van der Waals surface area contributed by atoms with Gasteiger partial charge in [0, 0.05) is 18.7 Å². The van der Waals surface area contributed by atoms with E-state index in [-0.39, 0.29) is 17.3 Å². The lowest BCUT2D eigenvalue weighted by atomic mass is 10.3. The summed E-state index contributed by atoms with van der Waals surface area (Å²) in [6.07, 6.45) is 3.07. The van der Waals surface area contributed by atoms with Crippen molar-refractivity contribution in [3.05, 3.63) is 48.4 Å². The molecular formula is C18H23N4O4S+. The number of carbonyl (C=O) groups is 1. The lowest BCUT2D eigenvalue weighted by Crippen LogP contribution is -3.08. The number of amidine groups is 1. The van der Waals surface area contributed by atoms with Gasteiger partial charge in [0.15, 0.2) is 12.3 Å². The molecule has 1 amide bonds. The molecule has 2 heterocycles. The molecule has 0 radical (unpaired) electrons. The Bertz CT molecular complexity index is 923. The average molecular weight is 391 g/mol. The van der Waals surface area contributed by atoms with Crippen LogP contribution < -0.4 is 14.9 Å². The Labute approximate surface area is 158 Å². The van der Waals surface area contributed by atoms with E-state index in [0.717, 1.165) is 17.1 Å². The van der Waals surface area contributed by atoms with E-state index in [2.05, 4.69) is 15.0 Å². The molecular weight excluding hydrogens is 368 g/mol. The molecule has 1 unspecified atom stereocenters. The second kappa shape index (κ2) is 8.36. The van der Waals surface area contributed by atoms with E-state index in [1.54, 1.807) is 24.5 Å². The van der Waals surface area contributed by atoms with Gasteiger partial charge in [0.25, 0.3) is 15.9 Å². The van der Waals surface area contributed by atoms with Crippen molar-refractivity contribution < 1.29 is 22.5 Å². The lowest BCUT2D eigenvalue weighted by molar-refractivity contribution is -0.886. The van der Waals surface area contributed by atoms with Gasteiger partial charge in [0.05, 0.1) is 18.2 Å². The maximum absolute atomic E-state index is 12.5. The summed E-state index contributed by atoms with van der Waals surface area (Å²) in [6.45, 7) is 1.45. The zero-order valence-corrected chi connectivity index (χ0v) is 15.9. The van der Waals surface area contributed by atoms with Gasteiger partial charge < -0.3 is 14.6 Å². The molecule has 0 saturated carbocycles. The van der Waals surface area contributed by atoms with Crippen molar-refractivity contribution in [1.82, 2.24) is 4.72 Å². The first-order valence-corrected chi connectivity index (χ1v) is 10.2. The Hall–Kier alpha value is -2.65.